The van der Waals surface area contributed by atoms with Crippen molar-refractivity contribution in [2.75, 3.05) is 31.1 Å². The van der Waals surface area contributed by atoms with Gasteiger partial charge in [-0.05, 0) is 42.3 Å². The number of hydrogen-bond donors (Lipinski definition) is 1. The molecule has 1 aromatic rings. The summed E-state index contributed by atoms with van der Waals surface area (Å²) >= 11 is 4.54. The summed E-state index contributed by atoms with van der Waals surface area (Å²) in [7, 11) is 0. The van der Waals surface area contributed by atoms with Gasteiger partial charge in [0.05, 0.1) is 0 Å². The Bertz CT molecular complexity index is 600. The molecule has 28 heavy (non-hydrogen) atoms. The normalized spacial score (nSPS) is 17.9. The SMILES string of the molecule is C=C/C=C(\S)CN1CCCCC(CN(C(=O)CC)c2ccccc2)C1.CCC. The fraction of sp³-hybridized carbons (Fsp3) is 0.542. The number of anilines is 1. The second-order valence-electron chi connectivity index (χ2n) is 7.39. The van der Waals surface area contributed by atoms with Gasteiger partial charge in [0.1, 0.15) is 0 Å². The molecule has 0 N–H and O–H groups in total. The first-order valence-electron chi connectivity index (χ1n) is 10.6. The van der Waals surface area contributed by atoms with Crippen LogP contribution in [0.3, 0.4) is 0 Å². The Morgan fingerprint density at radius 1 is 1.25 bits per heavy atom. The lowest BCUT2D eigenvalue weighted by atomic mass is 10.0. The van der Waals surface area contributed by atoms with Crippen molar-refractivity contribution in [3.05, 3.63) is 54.0 Å². The van der Waals surface area contributed by atoms with E-state index < -0.39 is 0 Å². The van der Waals surface area contributed by atoms with E-state index in [1.807, 2.05) is 48.2 Å². The van der Waals surface area contributed by atoms with Crippen molar-refractivity contribution in [1.29, 1.82) is 0 Å². The lowest BCUT2D eigenvalue weighted by molar-refractivity contribution is -0.118. The first kappa shape index (κ1) is 24.5. The van der Waals surface area contributed by atoms with Gasteiger partial charge in [-0.1, -0.05) is 70.5 Å². The molecule has 4 heteroatoms. The van der Waals surface area contributed by atoms with E-state index in [0.29, 0.717) is 12.3 Å². The Morgan fingerprint density at radius 3 is 2.54 bits per heavy atom. The average molecular weight is 403 g/mol. The highest BCUT2D eigenvalue weighted by Gasteiger charge is 2.23. The first-order valence-corrected chi connectivity index (χ1v) is 11.1. The van der Waals surface area contributed by atoms with Crippen LogP contribution in [0.1, 0.15) is 52.9 Å². The number of carbonyl (C=O) groups is 1. The van der Waals surface area contributed by atoms with Gasteiger partial charge in [-0.2, -0.15) is 0 Å². The number of hydrogen-bond acceptors (Lipinski definition) is 3. The molecule has 0 saturated carbocycles. The molecule has 1 heterocycles. The molecule has 0 bridgehead atoms. The molecular weight excluding hydrogens is 364 g/mol. The van der Waals surface area contributed by atoms with Crippen LogP contribution in [-0.2, 0) is 4.79 Å². The number of para-hydroxylation sites is 1. The molecule has 1 aliphatic rings. The van der Waals surface area contributed by atoms with E-state index in [4.69, 9.17) is 0 Å². The zero-order valence-electron chi connectivity index (χ0n) is 17.9. The Hall–Kier alpha value is -1.52. The number of benzene rings is 1. The minimum Gasteiger partial charge on any atom is -0.312 e. The van der Waals surface area contributed by atoms with Crippen molar-refractivity contribution in [3.8, 4) is 0 Å². The van der Waals surface area contributed by atoms with Gasteiger partial charge in [-0.3, -0.25) is 9.69 Å². The molecule has 1 aromatic carbocycles. The Balaban J connectivity index is 0.00000122. The summed E-state index contributed by atoms with van der Waals surface area (Å²) in [6.07, 6.45) is 9.13. The van der Waals surface area contributed by atoms with Crippen molar-refractivity contribution in [3.63, 3.8) is 0 Å². The molecule has 3 nitrogen and oxygen atoms in total. The lowest BCUT2D eigenvalue weighted by Gasteiger charge is -2.30. The number of nitrogens with zero attached hydrogens (tertiary/aromatic N) is 2. The zero-order chi connectivity index (χ0) is 20.8. The van der Waals surface area contributed by atoms with E-state index in [1.54, 1.807) is 6.08 Å². The van der Waals surface area contributed by atoms with Crippen LogP contribution in [0.25, 0.3) is 0 Å². The van der Waals surface area contributed by atoms with Gasteiger partial charge in [0.15, 0.2) is 0 Å². The van der Waals surface area contributed by atoms with Gasteiger partial charge in [0, 0.05) is 31.7 Å². The molecule has 156 valence electrons. The minimum absolute atomic E-state index is 0.198. The second-order valence-corrected chi connectivity index (χ2v) is 7.97. The number of thiol groups is 1. The summed E-state index contributed by atoms with van der Waals surface area (Å²) in [5.41, 5.74) is 1.01. The van der Waals surface area contributed by atoms with Gasteiger partial charge in [0.25, 0.3) is 0 Å². The van der Waals surface area contributed by atoms with Crippen molar-refractivity contribution >= 4 is 24.2 Å². The summed E-state index contributed by atoms with van der Waals surface area (Å²) in [5, 5.41) is 0. The molecule has 1 unspecified atom stereocenters. The molecule has 0 aromatic heterocycles. The van der Waals surface area contributed by atoms with Gasteiger partial charge >= 0.3 is 0 Å². The molecule has 1 fully saturated rings. The van der Waals surface area contributed by atoms with Crippen LogP contribution in [0.4, 0.5) is 5.69 Å². The number of allylic oxidation sites excluding steroid dienone is 2. The van der Waals surface area contributed by atoms with Gasteiger partial charge in [-0.25, -0.2) is 0 Å². The molecule has 1 atom stereocenters. The summed E-state index contributed by atoms with van der Waals surface area (Å²) in [5.74, 6) is 0.687. The highest BCUT2D eigenvalue weighted by Crippen LogP contribution is 2.23. The van der Waals surface area contributed by atoms with Gasteiger partial charge < -0.3 is 4.90 Å². The second kappa shape index (κ2) is 14.5. The van der Waals surface area contributed by atoms with E-state index in [2.05, 4.69) is 38.0 Å². The summed E-state index contributed by atoms with van der Waals surface area (Å²) in [6.45, 7) is 13.7. The predicted octanol–water partition coefficient (Wildman–Crippen LogP) is 5.95. The molecular formula is C24H38N2OS. The first-order chi connectivity index (χ1) is 13.5. The van der Waals surface area contributed by atoms with Crippen LogP contribution in [0, 0.1) is 5.92 Å². The van der Waals surface area contributed by atoms with E-state index in [9.17, 15) is 4.79 Å². The quantitative estimate of drug-likeness (QED) is 0.450. The van der Waals surface area contributed by atoms with Crippen LogP contribution < -0.4 is 4.90 Å². The topological polar surface area (TPSA) is 23.6 Å². The van der Waals surface area contributed by atoms with Crippen molar-refractivity contribution in [2.24, 2.45) is 5.92 Å². The predicted molar refractivity (Wildman–Crippen MR) is 126 cm³/mol. The molecule has 1 saturated heterocycles. The van der Waals surface area contributed by atoms with Crippen LogP contribution in [-0.4, -0.2) is 37.0 Å². The molecule has 1 amide bonds. The standard InChI is InChI=1S/C21H30N2OS.C3H8/c1-3-10-20(25)17-22-14-9-8-11-18(15-22)16-23(21(24)4-2)19-12-6-5-7-13-19;1-3-2/h3,5-7,10,12-13,18,25H,1,4,8-9,11,14-17H2,2H3;3H2,1-2H3/b20-10-;. The smallest absolute Gasteiger partial charge is 0.226 e. The minimum atomic E-state index is 0.198. The molecule has 2 rings (SSSR count). The van der Waals surface area contributed by atoms with E-state index in [0.717, 1.165) is 36.8 Å². The summed E-state index contributed by atoms with van der Waals surface area (Å²) in [4.78, 5) is 18.0. The number of likely N-dealkylation sites (tertiary alicyclic amines) is 1. The maximum atomic E-state index is 12.5. The largest absolute Gasteiger partial charge is 0.312 e. The Kier molecular flexibility index (Phi) is 12.7. The Morgan fingerprint density at radius 2 is 1.93 bits per heavy atom. The van der Waals surface area contributed by atoms with E-state index >= 15 is 0 Å². The van der Waals surface area contributed by atoms with Crippen molar-refractivity contribution < 1.29 is 4.79 Å². The maximum Gasteiger partial charge on any atom is 0.226 e. The lowest BCUT2D eigenvalue weighted by Crippen LogP contribution is -2.39. The Labute approximate surface area is 177 Å². The highest BCUT2D eigenvalue weighted by atomic mass is 32.1. The van der Waals surface area contributed by atoms with E-state index in [1.165, 1.54) is 25.7 Å². The fourth-order valence-corrected chi connectivity index (χ4v) is 3.74. The van der Waals surface area contributed by atoms with Crippen LogP contribution in [0.5, 0.6) is 0 Å². The monoisotopic (exact) mass is 402 g/mol. The van der Waals surface area contributed by atoms with E-state index in [-0.39, 0.29) is 5.91 Å². The number of rotatable bonds is 7. The van der Waals surface area contributed by atoms with Gasteiger partial charge in [-0.15, -0.1) is 12.6 Å². The fourth-order valence-electron chi connectivity index (χ4n) is 3.43. The number of carbonyl (C=O) groups excluding carboxylic acids is 1. The average Bonchev–Trinajstić information content (AvgIpc) is 2.92. The molecule has 0 radical (unpaired) electrons. The third-order valence-electron chi connectivity index (χ3n) is 4.66. The van der Waals surface area contributed by atoms with Crippen LogP contribution >= 0.6 is 12.6 Å². The maximum absolute atomic E-state index is 12.5. The van der Waals surface area contributed by atoms with Crippen LogP contribution in [0.2, 0.25) is 0 Å². The van der Waals surface area contributed by atoms with Crippen LogP contribution in [0.15, 0.2) is 54.0 Å². The third-order valence-corrected chi connectivity index (χ3v) is 4.95. The molecule has 0 spiro atoms. The third kappa shape index (κ3) is 9.11. The summed E-state index contributed by atoms with van der Waals surface area (Å²) < 4.78 is 0. The highest BCUT2D eigenvalue weighted by molar-refractivity contribution is 7.84. The molecule has 1 aliphatic heterocycles. The van der Waals surface area contributed by atoms with Crippen molar-refractivity contribution in [1.82, 2.24) is 4.90 Å². The zero-order valence-corrected chi connectivity index (χ0v) is 18.8. The number of amides is 1. The molecule has 0 aliphatic carbocycles. The van der Waals surface area contributed by atoms with Gasteiger partial charge in [0.2, 0.25) is 5.91 Å². The summed E-state index contributed by atoms with van der Waals surface area (Å²) in [6, 6.07) is 10.0. The van der Waals surface area contributed by atoms with Crippen molar-refractivity contribution in [2.45, 2.75) is 52.9 Å².